The molecule has 2 aromatic rings. The van der Waals surface area contributed by atoms with Crippen molar-refractivity contribution in [1.82, 2.24) is 4.98 Å². The third-order valence-electron chi connectivity index (χ3n) is 2.65. The summed E-state index contributed by atoms with van der Waals surface area (Å²) in [4.78, 5) is 17.4. The molecular formula is C13H8ClNOS. The number of ketones is 1. The molecule has 0 spiro atoms. The van der Waals surface area contributed by atoms with Gasteiger partial charge in [-0.1, -0.05) is 29.4 Å². The summed E-state index contributed by atoms with van der Waals surface area (Å²) in [6.07, 6.45) is 2.14. The average Bonchev–Trinajstić information content (AvgIpc) is 2.46. The van der Waals surface area contributed by atoms with Crippen molar-refractivity contribution in [3.8, 4) is 0 Å². The fourth-order valence-corrected chi connectivity index (χ4v) is 3.02. The Labute approximate surface area is 108 Å². The van der Waals surface area contributed by atoms with Gasteiger partial charge in [0.25, 0.3) is 0 Å². The summed E-state index contributed by atoms with van der Waals surface area (Å²) >= 11 is 7.45. The number of Topliss-reactive ketones (excluding diaryl/α,β-unsaturated/α-hetero) is 1. The fourth-order valence-electron chi connectivity index (χ4n) is 1.83. The molecular weight excluding hydrogens is 254 g/mol. The number of hydrogen-bond acceptors (Lipinski definition) is 3. The van der Waals surface area contributed by atoms with E-state index in [1.807, 2.05) is 18.2 Å². The minimum Gasteiger partial charge on any atom is -0.294 e. The highest BCUT2D eigenvalue weighted by Crippen LogP contribution is 2.36. The fraction of sp³-hybridized carbons (Fsp3) is 0.0769. The summed E-state index contributed by atoms with van der Waals surface area (Å²) in [7, 11) is 0. The van der Waals surface area contributed by atoms with E-state index in [1.54, 1.807) is 18.3 Å². The Kier molecular flexibility index (Phi) is 2.65. The van der Waals surface area contributed by atoms with Crippen LogP contribution in [0.3, 0.4) is 0 Å². The number of pyridine rings is 1. The van der Waals surface area contributed by atoms with Gasteiger partial charge >= 0.3 is 0 Å². The van der Waals surface area contributed by atoms with Crippen LogP contribution >= 0.6 is 23.4 Å². The number of nitrogens with zero attached hydrogens (tertiary/aromatic N) is 1. The van der Waals surface area contributed by atoms with Crippen molar-refractivity contribution in [2.45, 2.75) is 16.3 Å². The lowest BCUT2D eigenvalue weighted by Gasteiger charge is -2.03. The second-order valence-electron chi connectivity index (χ2n) is 3.81. The lowest BCUT2D eigenvalue weighted by molar-refractivity contribution is 0.0990. The van der Waals surface area contributed by atoms with Crippen LogP contribution in [0.15, 0.2) is 46.5 Å². The summed E-state index contributed by atoms with van der Waals surface area (Å²) in [6, 6.07) is 9.22. The van der Waals surface area contributed by atoms with E-state index < -0.39 is 0 Å². The van der Waals surface area contributed by atoms with E-state index in [9.17, 15) is 4.79 Å². The van der Waals surface area contributed by atoms with Gasteiger partial charge in [-0.3, -0.25) is 4.79 Å². The van der Waals surface area contributed by atoms with E-state index in [0.29, 0.717) is 17.0 Å². The van der Waals surface area contributed by atoms with Crippen LogP contribution in [0.5, 0.6) is 0 Å². The van der Waals surface area contributed by atoms with E-state index in [1.165, 1.54) is 11.8 Å². The summed E-state index contributed by atoms with van der Waals surface area (Å²) in [5, 5.41) is 1.50. The number of fused-ring (bicyclic) bond motifs is 2. The van der Waals surface area contributed by atoms with Gasteiger partial charge in [-0.15, -0.1) is 0 Å². The molecule has 0 radical (unpaired) electrons. The number of hydrogen-bond donors (Lipinski definition) is 0. The van der Waals surface area contributed by atoms with Gasteiger partial charge in [0, 0.05) is 28.1 Å². The monoisotopic (exact) mass is 261 g/mol. The molecule has 17 heavy (non-hydrogen) atoms. The molecule has 1 aromatic heterocycles. The number of carbonyl (C=O) groups is 1. The normalized spacial score (nSPS) is 13.8. The van der Waals surface area contributed by atoms with Crippen molar-refractivity contribution >= 4 is 29.1 Å². The number of benzene rings is 1. The smallest absolute Gasteiger partial charge is 0.168 e. The van der Waals surface area contributed by atoms with E-state index in [-0.39, 0.29) is 5.78 Å². The molecule has 3 rings (SSSR count). The van der Waals surface area contributed by atoms with Crippen LogP contribution in [0.2, 0.25) is 5.02 Å². The molecule has 0 amide bonds. The second-order valence-corrected chi connectivity index (χ2v) is 5.28. The summed E-state index contributed by atoms with van der Waals surface area (Å²) in [5.41, 5.74) is 1.68. The summed E-state index contributed by atoms with van der Waals surface area (Å²) in [5.74, 6) is 0.0988. The molecule has 1 aromatic carbocycles. The molecule has 1 aliphatic rings. The van der Waals surface area contributed by atoms with E-state index >= 15 is 0 Å². The van der Waals surface area contributed by atoms with Crippen LogP contribution in [0.1, 0.15) is 15.9 Å². The molecule has 2 nitrogen and oxygen atoms in total. The highest BCUT2D eigenvalue weighted by atomic mass is 35.5. The van der Waals surface area contributed by atoms with Crippen molar-refractivity contribution in [2.24, 2.45) is 0 Å². The molecule has 0 saturated carbocycles. The van der Waals surface area contributed by atoms with Crippen molar-refractivity contribution in [1.29, 1.82) is 0 Å². The van der Waals surface area contributed by atoms with Gasteiger partial charge in [0.05, 0.1) is 0 Å². The lowest BCUT2D eigenvalue weighted by atomic mass is 10.0. The number of aromatic nitrogens is 1. The molecule has 84 valence electrons. The minimum absolute atomic E-state index is 0.0988. The standard InChI is InChI=1S/C13H8ClNOS/c14-9-3-4-12-10(7-9)11(16)6-8-2-1-5-15-13(8)17-12/h1-5,7H,6H2. The first kappa shape index (κ1) is 10.8. The predicted molar refractivity (Wildman–Crippen MR) is 67.8 cm³/mol. The summed E-state index contributed by atoms with van der Waals surface area (Å²) < 4.78 is 0. The number of halogens is 1. The van der Waals surface area contributed by atoms with Gasteiger partial charge in [0.2, 0.25) is 0 Å². The van der Waals surface area contributed by atoms with Gasteiger partial charge in [0.15, 0.2) is 5.78 Å². The maximum Gasteiger partial charge on any atom is 0.168 e. The van der Waals surface area contributed by atoms with Crippen LogP contribution in [0.4, 0.5) is 0 Å². The van der Waals surface area contributed by atoms with Crippen LogP contribution in [-0.2, 0) is 6.42 Å². The van der Waals surface area contributed by atoms with Crippen molar-refractivity contribution in [2.75, 3.05) is 0 Å². The molecule has 0 aliphatic carbocycles. The zero-order chi connectivity index (χ0) is 11.8. The molecule has 0 N–H and O–H groups in total. The van der Waals surface area contributed by atoms with Gasteiger partial charge in [-0.25, -0.2) is 4.98 Å². The topological polar surface area (TPSA) is 30.0 Å². The van der Waals surface area contributed by atoms with Gasteiger partial charge in [-0.2, -0.15) is 0 Å². The van der Waals surface area contributed by atoms with Crippen LogP contribution in [0.25, 0.3) is 0 Å². The summed E-state index contributed by atoms with van der Waals surface area (Å²) in [6.45, 7) is 0. The van der Waals surface area contributed by atoms with Crippen molar-refractivity contribution < 1.29 is 4.79 Å². The maximum atomic E-state index is 12.1. The molecule has 0 bridgehead atoms. The minimum atomic E-state index is 0.0988. The first-order valence-electron chi connectivity index (χ1n) is 5.18. The van der Waals surface area contributed by atoms with Gasteiger partial charge < -0.3 is 0 Å². The van der Waals surface area contributed by atoms with Crippen molar-refractivity contribution in [3.05, 3.63) is 52.7 Å². The predicted octanol–water partition coefficient (Wildman–Crippen LogP) is 3.63. The van der Waals surface area contributed by atoms with Crippen molar-refractivity contribution in [3.63, 3.8) is 0 Å². The Hall–Kier alpha value is -1.32. The Balaban J connectivity index is 2.17. The first-order valence-corrected chi connectivity index (χ1v) is 6.38. The van der Waals surface area contributed by atoms with E-state index in [2.05, 4.69) is 4.98 Å². The average molecular weight is 262 g/mol. The van der Waals surface area contributed by atoms with Crippen LogP contribution in [0, 0.1) is 0 Å². The Morgan fingerprint density at radius 1 is 1.29 bits per heavy atom. The molecule has 1 aliphatic heterocycles. The number of rotatable bonds is 0. The van der Waals surface area contributed by atoms with E-state index in [4.69, 9.17) is 11.6 Å². The largest absolute Gasteiger partial charge is 0.294 e. The molecule has 0 atom stereocenters. The molecule has 2 heterocycles. The highest BCUT2D eigenvalue weighted by molar-refractivity contribution is 7.99. The van der Waals surface area contributed by atoms with Crippen LogP contribution in [-0.4, -0.2) is 10.8 Å². The quantitative estimate of drug-likeness (QED) is 0.725. The maximum absolute atomic E-state index is 12.1. The zero-order valence-electron chi connectivity index (χ0n) is 8.81. The number of carbonyl (C=O) groups excluding carboxylic acids is 1. The third kappa shape index (κ3) is 1.96. The lowest BCUT2D eigenvalue weighted by Crippen LogP contribution is -2.03. The SMILES string of the molecule is O=C1Cc2cccnc2Sc2ccc(Cl)cc21. The van der Waals surface area contributed by atoms with Gasteiger partial charge in [-0.05, 0) is 29.8 Å². The second kappa shape index (κ2) is 4.17. The highest BCUT2D eigenvalue weighted by Gasteiger charge is 2.20. The van der Waals surface area contributed by atoms with Crippen LogP contribution < -0.4 is 0 Å². The molecule has 0 saturated heterocycles. The molecule has 4 heteroatoms. The molecule has 0 fully saturated rings. The zero-order valence-corrected chi connectivity index (χ0v) is 10.4. The Morgan fingerprint density at radius 3 is 3.06 bits per heavy atom. The van der Waals surface area contributed by atoms with Gasteiger partial charge in [0.1, 0.15) is 5.03 Å². The van der Waals surface area contributed by atoms with E-state index in [0.717, 1.165) is 15.5 Å². The Bertz CT molecular complexity index is 612. The molecule has 0 unspecified atom stereocenters. The first-order chi connectivity index (χ1) is 8.24. The Morgan fingerprint density at radius 2 is 2.18 bits per heavy atom. The third-order valence-corrected chi connectivity index (χ3v) is 4.02.